The summed E-state index contributed by atoms with van der Waals surface area (Å²) in [5, 5.41) is 7.01. The first-order valence-corrected chi connectivity index (χ1v) is 10.0. The lowest BCUT2D eigenvalue weighted by Crippen LogP contribution is -2.17. The second-order valence-corrected chi connectivity index (χ2v) is 7.58. The van der Waals surface area contributed by atoms with Gasteiger partial charge < -0.3 is 20.1 Å². The molecule has 0 radical (unpaired) electrons. The van der Waals surface area contributed by atoms with E-state index in [0.29, 0.717) is 22.8 Å². The summed E-state index contributed by atoms with van der Waals surface area (Å²) in [5.74, 6) is -0.294. The van der Waals surface area contributed by atoms with Gasteiger partial charge in [-0.2, -0.15) is 0 Å². The van der Waals surface area contributed by atoms with Gasteiger partial charge in [0.25, 0.3) is 5.91 Å². The zero-order chi connectivity index (χ0) is 21.8. The van der Waals surface area contributed by atoms with Crippen LogP contribution in [-0.4, -0.2) is 41.0 Å². The number of rotatable bonds is 7. The number of aromatic nitrogens is 2. The Morgan fingerprint density at radius 2 is 1.94 bits per heavy atom. The molecule has 2 heterocycles. The lowest BCUT2D eigenvalue weighted by Gasteiger charge is -2.12. The number of halogens is 1. The van der Waals surface area contributed by atoms with E-state index < -0.39 is 0 Å². The van der Waals surface area contributed by atoms with E-state index in [1.54, 1.807) is 30.5 Å². The predicted octanol–water partition coefficient (Wildman–Crippen LogP) is 4.73. The molecule has 4 aromatic rings. The molecule has 0 aliphatic rings. The Bertz CT molecular complexity index is 1220. The summed E-state index contributed by atoms with van der Waals surface area (Å²) in [6.45, 7) is 1.84. The number of benzene rings is 2. The molecule has 0 aliphatic heterocycles. The Kier molecular flexibility index (Phi) is 5.95. The fourth-order valence-electron chi connectivity index (χ4n) is 3.37. The van der Waals surface area contributed by atoms with Crippen LogP contribution >= 0.6 is 0 Å². The number of amides is 1. The number of pyridine rings is 1. The maximum atomic E-state index is 13.5. The van der Waals surface area contributed by atoms with Crippen molar-refractivity contribution in [2.24, 2.45) is 0 Å². The molecular weight excluding hydrogens is 393 g/mol. The molecule has 0 atom stereocenters. The Morgan fingerprint density at radius 1 is 1.06 bits per heavy atom. The minimum absolute atomic E-state index is 0.293. The largest absolute Gasteiger partial charge is 0.346 e. The Morgan fingerprint density at radius 3 is 2.74 bits per heavy atom. The molecule has 0 bridgehead atoms. The van der Waals surface area contributed by atoms with Gasteiger partial charge in [0, 0.05) is 47.8 Å². The van der Waals surface area contributed by atoms with Crippen LogP contribution in [0.5, 0.6) is 0 Å². The van der Waals surface area contributed by atoms with Crippen LogP contribution in [0.2, 0.25) is 0 Å². The standard InChI is InChI=1S/C24H24FN5O/c1-29(2)13-14-30-12-10-17-15-20(8-9-22(17)30)28-24(31)21-7-4-11-26-23(21)27-19-6-3-5-18(25)16-19/h3-12,15-16H,13-14H2,1-2H3,(H,26,27)(H,28,31). The molecule has 31 heavy (non-hydrogen) atoms. The molecule has 0 spiro atoms. The summed E-state index contributed by atoms with van der Waals surface area (Å²) in [7, 11) is 4.10. The normalized spacial score (nSPS) is 11.1. The van der Waals surface area contributed by atoms with E-state index in [4.69, 9.17) is 0 Å². The van der Waals surface area contributed by atoms with Crippen molar-refractivity contribution in [2.75, 3.05) is 31.3 Å². The molecule has 0 unspecified atom stereocenters. The van der Waals surface area contributed by atoms with Crippen molar-refractivity contribution in [3.63, 3.8) is 0 Å². The fraction of sp³-hybridized carbons (Fsp3) is 0.167. The molecule has 4 rings (SSSR count). The summed E-state index contributed by atoms with van der Waals surface area (Å²) in [4.78, 5) is 19.3. The van der Waals surface area contributed by atoms with Gasteiger partial charge in [-0.3, -0.25) is 4.79 Å². The first-order valence-electron chi connectivity index (χ1n) is 10.0. The average molecular weight is 417 g/mol. The van der Waals surface area contributed by atoms with E-state index in [1.165, 1.54) is 12.1 Å². The summed E-state index contributed by atoms with van der Waals surface area (Å²) in [5.41, 5.74) is 2.71. The summed E-state index contributed by atoms with van der Waals surface area (Å²) < 4.78 is 15.7. The van der Waals surface area contributed by atoms with Crippen LogP contribution in [-0.2, 0) is 6.54 Å². The van der Waals surface area contributed by atoms with Gasteiger partial charge >= 0.3 is 0 Å². The van der Waals surface area contributed by atoms with Crippen molar-refractivity contribution in [3.05, 3.63) is 84.4 Å². The molecule has 158 valence electrons. The minimum atomic E-state index is -0.363. The van der Waals surface area contributed by atoms with Gasteiger partial charge in [0.15, 0.2) is 0 Å². The van der Waals surface area contributed by atoms with E-state index in [-0.39, 0.29) is 11.7 Å². The van der Waals surface area contributed by atoms with Crippen LogP contribution in [0.4, 0.5) is 21.6 Å². The van der Waals surface area contributed by atoms with Crippen LogP contribution in [0.3, 0.4) is 0 Å². The highest BCUT2D eigenvalue weighted by Crippen LogP contribution is 2.23. The molecule has 2 aromatic heterocycles. The SMILES string of the molecule is CN(C)CCn1ccc2cc(NC(=O)c3cccnc3Nc3cccc(F)c3)ccc21. The number of carbonyl (C=O) groups excluding carboxylic acids is 1. The minimum Gasteiger partial charge on any atom is -0.346 e. The topological polar surface area (TPSA) is 62.2 Å². The van der Waals surface area contributed by atoms with Crippen molar-refractivity contribution in [1.82, 2.24) is 14.5 Å². The molecule has 0 saturated heterocycles. The lowest BCUT2D eigenvalue weighted by atomic mass is 10.2. The summed E-state index contributed by atoms with van der Waals surface area (Å²) >= 11 is 0. The Balaban J connectivity index is 1.52. The van der Waals surface area contributed by atoms with Gasteiger partial charge in [0.05, 0.1) is 5.56 Å². The predicted molar refractivity (Wildman–Crippen MR) is 122 cm³/mol. The number of hydrogen-bond donors (Lipinski definition) is 2. The highest BCUT2D eigenvalue weighted by Gasteiger charge is 2.14. The first-order chi connectivity index (χ1) is 15.0. The van der Waals surface area contributed by atoms with Crippen molar-refractivity contribution in [2.45, 2.75) is 6.54 Å². The molecular formula is C24H24FN5O. The number of anilines is 3. The van der Waals surface area contributed by atoms with E-state index in [2.05, 4.69) is 45.4 Å². The van der Waals surface area contributed by atoms with Crippen LogP contribution in [0.25, 0.3) is 10.9 Å². The highest BCUT2D eigenvalue weighted by atomic mass is 19.1. The van der Waals surface area contributed by atoms with Gasteiger partial charge in [-0.1, -0.05) is 6.07 Å². The molecule has 6 nitrogen and oxygen atoms in total. The van der Waals surface area contributed by atoms with E-state index in [9.17, 15) is 9.18 Å². The zero-order valence-electron chi connectivity index (χ0n) is 17.5. The van der Waals surface area contributed by atoms with E-state index in [0.717, 1.165) is 24.0 Å². The summed E-state index contributed by atoms with van der Waals surface area (Å²) in [6.07, 6.45) is 3.64. The first kappa shape index (κ1) is 20.6. The molecule has 7 heteroatoms. The van der Waals surface area contributed by atoms with Crippen molar-refractivity contribution in [1.29, 1.82) is 0 Å². The molecule has 0 aliphatic carbocycles. The highest BCUT2D eigenvalue weighted by molar-refractivity contribution is 6.08. The third-order valence-electron chi connectivity index (χ3n) is 4.96. The van der Waals surface area contributed by atoms with Gasteiger partial charge in [-0.25, -0.2) is 9.37 Å². The zero-order valence-corrected chi connectivity index (χ0v) is 17.5. The van der Waals surface area contributed by atoms with E-state index >= 15 is 0 Å². The second-order valence-electron chi connectivity index (χ2n) is 7.58. The third kappa shape index (κ3) is 4.90. The molecule has 0 saturated carbocycles. The molecule has 2 N–H and O–H groups in total. The smallest absolute Gasteiger partial charge is 0.259 e. The lowest BCUT2D eigenvalue weighted by molar-refractivity contribution is 0.102. The number of fused-ring (bicyclic) bond motifs is 1. The monoisotopic (exact) mass is 417 g/mol. The fourth-order valence-corrected chi connectivity index (χ4v) is 3.37. The number of hydrogen-bond acceptors (Lipinski definition) is 4. The number of likely N-dealkylation sites (N-methyl/N-ethyl adjacent to an activating group) is 1. The molecule has 1 amide bonds. The quantitative estimate of drug-likeness (QED) is 0.456. The van der Waals surface area contributed by atoms with Crippen LogP contribution in [0.1, 0.15) is 10.4 Å². The Labute approximate surface area is 180 Å². The van der Waals surface area contributed by atoms with Crippen molar-refractivity contribution in [3.8, 4) is 0 Å². The van der Waals surface area contributed by atoms with Crippen LogP contribution in [0.15, 0.2) is 73.1 Å². The van der Waals surface area contributed by atoms with Crippen LogP contribution < -0.4 is 10.6 Å². The average Bonchev–Trinajstić information content (AvgIpc) is 3.15. The van der Waals surface area contributed by atoms with Crippen molar-refractivity contribution < 1.29 is 9.18 Å². The maximum Gasteiger partial charge on any atom is 0.259 e. The number of nitrogens with one attached hydrogen (secondary N) is 2. The van der Waals surface area contributed by atoms with Gasteiger partial charge in [-0.15, -0.1) is 0 Å². The van der Waals surface area contributed by atoms with Gasteiger partial charge in [0.2, 0.25) is 0 Å². The maximum absolute atomic E-state index is 13.5. The van der Waals surface area contributed by atoms with E-state index in [1.807, 2.05) is 24.3 Å². The third-order valence-corrected chi connectivity index (χ3v) is 4.96. The second kappa shape index (κ2) is 8.97. The number of carbonyl (C=O) groups is 1. The Hall–Kier alpha value is -3.71. The number of nitrogens with zero attached hydrogens (tertiary/aromatic N) is 3. The van der Waals surface area contributed by atoms with Gasteiger partial charge in [-0.05, 0) is 68.7 Å². The van der Waals surface area contributed by atoms with Crippen molar-refractivity contribution >= 4 is 34.0 Å². The van der Waals surface area contributed by atoms with Crippen LogP contribution in [0, 0.1) is 5.82 Å². The van der Waals surface area contributed by atoms with Gasteiger partial charge in [0.1, 0.15) is 11.6 Å². The molecule has 0 fully saturated rings. The summed E-state index contributed by atoms with van der Waals surface area (Å²) in [6, 6.07) is 17.3. The molecule has 2 aromatic carbocycles.